The lowest BCUT2D eigenvalue weighted by Crippen LogP contribution is -2.30. The normalized spacial score (nSPS) is 12.7. The molecule has 0 bridgehead atoms. The smallest absolute Gasteiger partial charge is 0.207 e. The molecule has 148 valence electrons. The van der Waals surface area contributed by atoms with Crippen LogP contribution in [0.2, 0.25) is 0 Å². The third-order valence-electron chi connectivity index (χ3n) is 4.19. The number of benzene rings is 2. The Labute approximate surface area is 160 Å². The number of sulfonamides is 2. The summed E-state index contributed by atoms with van der Waals surface area (Å²) in [4.78, 5) is 0.0388. The molecule has 0 amide bonds. The first-order valence-corrected chi connectivity index (χ1v) is 11.3. The summed E-state index contributed by atoms with van der Waals surface area (Å²) in [6.07, 6.45) is 0. The van der Waals surface area contributed by atoms with E-state index in [9.17, 15) is 21.2 Å². The molecule has 2 rings (SSSR count). The summed E-state index contributed by atoms with van der Waals surface area (Å²) in [7, 11) is -6.04. The van der Waals surface area contributed by atoms with Crippen LogP contribution in [0.1, 0.15) is 19.4 Å². The van der Waals surface area contributed by atoms with Crippen molar-refractivity contribution >= 4 is 20.0 Å². The highest BCUT2D eigenvalue weighted by atomic mass is 32.2. The van der Waals surface area contributed by atoms with Crippen molar-refractivity contribution in [1.29, 1.82) is 0 Å². The predicted molar refractivity (Wildman–Crippen MR) is 102 cm³/mol. The van der Waals surface area contributed by atoms with Gasteiger partial charge < -0.3 is 0 Å². The summed E-state index contributed by atoms with van der Waals surface area (Å²) in [5, 5.41) is 0. The lowest BCUT2D eigenvalue weighted by molar-refractivity contribution is 0.445. The van der Waals surface area contributed by atoms with E-state index in [4.69, 9.17) is 0 Å². The first-order valence-electron chi connectivity index (χ1n) is 8.44. The molecule has 0 unspecified atom stereocenters. The summed E-state index contributed by atoms with van der Waals surface area (Å²) in [5.74, 6) is -0.394. The molecule has 27 heavy (non-hydrogen) atoms. The van der Waals surface area contributed by atoms with E-state index < -0.39 is 25.9 Å². The van der Waals surface area contributed by atoms with Gasteiger partial charge in [-0.05, 0) is 42.0 Å². The van der Waals surface area contributed by atoms with Crippen molar-refractivity contribution in [2.75, 3.05) is 20.1 Å². The van der Waals surface area contributed by atoms with Crippen LogP contribution in [0.25, 0.3) is 0 Å². The SMILES string of the molecule is CCN(CC)S(=O)(=O)c1ccc(S(=O)(=O)N(C)Cc2ccc(F)cc2)cc1. The standard InChI is InChI=1S/C18H23FN2O4S2/c1-4-21(5-2)27(24,25)18-12-10-17(11-13-18)26(22,23)20(3)14-15-6-8-16(19)9-7-15/h6-13H,4-5,14H2,1-3H3. The van der Waals surface area contributed by atoms with Crippen LogP contribution in [0.15, 0.2) is 58.3 Å². The van der Waals surface area contributed by atoms with Gasteiger partial charge in [0, 0.05) is 26.7 Å². The molecule has 0 saturated carbocycles. The Morgan fingerprint density at radius 3 is 1.67 bits per heavy atom. The minimum atomic E-state index is -3.81. The van der Waals surface area contributed by atoms with E-state index in [1.807, 2.05) is 0 Å². The van der Waals surface area contributed by atoms with Crippen molar-refractivity contribution in [2.45, 2.75) is 30.2 Å². The molecular formula is C18H23FN2O4S2. The summed E-state index contributed by atoms with van der Waals surface area (Å²) in [6.45, 7) is 4.22. The van der Waals surface area contributed by atoms with Gasteiger partial charge in [0.05, 0.1) is 9.79 Å². The number of hydrogen-bond donors (Lipinski definition) is 0. The highest BCUT2D eigenvalue weighted by Gasteiger charge is 2.24. The first-order chi connectivity index (χ1) is 12.6. The Bertz CT molecular complexity index is 969. The lowest BCUT2D eigenvalue weighted by Gasteiger charge is -2.20. The zero-order valence-electron chi connectivity index (χ0n) is 15.5. The molecule has 0 N–H and O–H groups in total. The fraction of sp³-hybridized carbons (Fsp3) is 0.333. The van der Waals surface area contributed by atoms with Crippen LogP contribution >= 0.6 is 0 Å². The topological polar surface area (TPSA) is 74.8 Å². The van der Waals surface area contributed by atoms with Gasteiger partial charge >= 0.3 is 0 Å². The Balaban J connectivity index is 2.25. The fourth-order valence-electron chi connectivity index (χ4n) is 2.61. The van der Waals surface area contributed by atoms with Crippen LogP contribution in [0, 0.1) is 5.82 Å². The van der Waals surface area contributed by atoms with Gasteiger partial charge in [0.15, 0.2) is 0 Å². The molecule has 0 aliphatic heterocycles. The van der Waals surface area contributed by atoms with Crippen molar-refractivity contribution in [2.24, 2.45) is 0 Å². The molecule has 0 aliphatic carbocycles. The van der Waals surface area contributed by atoms with E-state index in [0.717, 1.165) is 4.31 Å². The van der Waals surface area contributed by atoms with E-state index >= 15 is 0 Å². The molecule has 0 aliphatic rings. The quantitative estimate of drug-likeness (QED) is 0.666. The largest absolute Gasteiger partial charge is 0.243 e. The Morgan fingerprint density at radius 1 is 0.778 bits per heavy atom. The van der Waals surface area contributed by atoms with Gasteiger partial charge in [-0.25, -0.2) is 21.2 Å². The van der Waals surface area contributed by atoms with Crippen molar-refractivity contribution in [3.63, 3.8) is 0 Å². The fourth-order valence-corrected chi connectivity index (χ4v) is 5.22. The van der Waals surface area contributed by atoms with Gasteiger partial charge in [-0.2, -0.15) is 8.61 Å². The molecule has 0 spiro atoms. The van der Waals surface area contributed by atoms with Gasteiger partial charge in [0.2, 0.25) is 20.0 Å². The second-order valence-corrected chi connectivity index (χ2v) is 9.93. The number of nitrogens with zero attached hydrogens (tertiary/aromatic N) is 2. The van der Waals surface area contributed by atoms with Crippen LogP contribution in [-0.2, 0) is 26.6 Å². The van der Waals surface area contributed by atoms with E-state index in [1.165, 1.54) is 59.9 Å². The summed E-state index contributed by atoms with van der Waals surface area (Å²) in [5.41, 5.74) is 0.642. The number of hydrogen-bond acceptors (Lipinski definition) is 4. The minimum Gasteiger partial charge on any atom is -0.207 e. The molecule has 0 atom stereocenters. The third-order valence-corrected chi connectivity index (χ3v) is 8.08. The molecule has 6 nitrogen and oxygen atoms in total. The predicted octanol–water partition coefficient (Wildman–Crippen LogP) is 2.68. The van der Waals surface area contributed by atoms with Crippen LogP contribution in [-0.4, -0.2) is 45.6 Å². The van der Waals surface area contributed by atoms with Crippen molar-refractivity contribution in [1.82, 2.24) is 8.61 Å². The molecule has 2 aromatic rings. The van der Waals surface area contributed by atoms with Crippen LogP contribution in [0.3, 0.4) is 0 Å². The second-order valence-electron chi connectivity index (χ2n) is 5.95. The maximum Gasteiger partial charge on any atom is 0.243 e. The zero-order valence-corrected chi connectivity index (χ0v) is 17.1. The molecule has 0 heterocycles. The number of rotatable bonds is 8. The molecule has 2 aromatic carbocycles. The van der Waals surface area contributed by atoms with Crippen LogP contribution in [0.5, 0.6) is 0 Å². The van der Waals surface area contributed by atoms with Gasteiger partial charge in [-0.15, -0.1) is 0 Å². The van der Waals surface area contributed by atoms with E-state index in [2.05, 4.69) is 0 Å². The summed E-state index contributed by atoms with van der Waals surface area (Å²) >= 11 is 0. The van der Waals surface area contributed by atoms with E-state index in [1.54, 1.807) is 13.8 Å². The second kappa shape index (κ2) is 8.47. The summed E-state index contributed by atoms with van der Waals surface area (Å²) < 4.78 is 65.8. The van der Waals surface area contributed by atoms with Crippen molar-refractivity contribution < 1.29 is 21.2 Å². The monoisotopic (exact) mass is 414 g/mol. The van der Waals surface area contributed by atoms with Crippen molar-refractivity contribution in [3.05, 3.63) is 59.9 Å². The van der Waals surface area contributed by atoms with Crippen molar-refractivity contribution in [3.8, 4) is 0 Å². The van der Waals surface area contributed by atoms with Gasteiger partial charge in [-0.1, -0.05) is 26.0 Å². The molecular weight excluding hydrogens is 391 g/mol. The van der Waals surface area contributed by atoms with Gasteiger partial charge in [-0.3, -0.25) is 0 Å². The minimum absolute atomic E-state index is 0.00870. The maximum atomic E-state index is 13.0. The lowest BCUT2D eigenvalue weighted by atomic mass is 10.2. The maximum absolute atomic E-state index is 13.0. The Morgan fingerprint density at radius 2 is 1.22 bits per heavy atom. The van der Waals surface area contributed by atoms with E-state index in [-0.39, 0.29) is 16.3 Å². The van der Waals surface area contributed by atoms with Crippen LogP contribution < -0.4 is 0 Å². The third kappa shape index (κ3) is 4.73. The highest BCUT2D eigenvalue weighted by Crippen LogP contribution is 2.21. The average molecular weight is 415 g/mol. The molecule has 0 fully saturated rings. The molecule has 0 aromatic heterocycles. The average Bonchev–Trinajstić information content (AvgIpc) is 2.64. The van der Waals surface area contributed by atoms with Crippen LogP contribution in [0.4, 0.5) is 4.39 Å². The number of halogens is 1. The first kappa shape index (κ1) is 21.5. The Kier molecular flexibility index (Phi) is 6.74. The highest BCUT2D eigenvalue weighted by molar-refractivity contribution is 7.89. The molecule has 9 heteroatoms. The molecule has 0 radical (unpaired) electrons. The Hall–Kier alpha value is -1.81. The van der Waals surface area contributed by atoms with Gasteiger partial charge in [0.1, 0.15) is 5.82 Å². The molecule has 0 saturated heterocycles. The van der Waals surface area contributed by atoms with Gasteiger partial charge in [0.25, 0.3) is 0 Å². The summed E-state index contributed by atoms with van der Waals surface area (Å²) in [6, 6.07) is 10.7. The zero-order chi connectivity index (χ0) is 20.2. The van der Waals surface area contributed by atoms with E-state index in [0.29, 0.717) is 18.7 Å².